The number of alkyl carbamates (subject to hydrolysis) is 1. The zero-order valence-electron chi connectivity index (χ0n) is 16.8. The highest BCUT2D eigenvalue weighted by Gasteiger charge is 2.34. The Kier molecular flexibility index (Phi) is 6.06. The van der Waals surface area contributed by atoms with Crippen LogP contribution in [0.3, 0.4) is 0 Å². The number of amides is 2. The second-order valence-electron chi connectivity index (χ2n) is 7.89. The van der Waals surface area contributed by atoms with Gasteiger partial charge < -0.3 is 19.7 Å². The van der Waals surface area contributed by atoms with Crippen molar-refractivity contribution in [3.05, 3.63) is 59.9 Å². The fraction of sp³-hybridized carbons (Fsp3) is 0.364. The number of rotatable bonds is 5. The molecule has 2 aromatic carbocycles. The van der Waals surface area contributed by atoms with Crippen LogP contribution in [0.4, 0.5) is 14.9 Å². The molecule has 1 aliphatic rings. The van der Waals surface area contributed by atoms with Gasteiger partial charge in [0.2, 0.25) is 5.91 Å². The van der Waals surface area contributed by atoms with Gasteiger partial charge in [0.05, 0.1) is 0 Å². The van der Waals surface area contributed by atoms with Gasteiger partial charge in [0.15, 0.2) is 0 Å². The van der Waals surface area contributed by atoms with Crippen LogP contribution in [-0.4, -0.2) is 30.2 Å². The highest BCUT2D eigenvalue weighted by Crippen LogP contribution is 2.25. The first kappa shape index (κ1) is 20.6. The molecule has 0 radical (unpaired) electrons. The van der Waals surface area contributed by atoms with Gasteiger partial charge in [-0.05, 0) is 69.2 Å². The molecule has 6 nitrogen and oxygen atoms in total. The summed E-state index contributed by atoms with van der Waals surface area (Å²) < 4.78 is 24.1. The van der Waals surface area contributed by atoms with Crippen molar-refractivity contribution in [3.8, 4) is 5.75 Å². The summed E-state index contributed by atoms with van der Waals surface area (Å²) >= 11 is 0. The fourth-order valence-corrected chi connectivity index (χ4v) is 3.04. The molecule has 154 valence electrons. The smallest absolute Gasteiger partial charge is 0.408 e. The van der Waals surface area contributed by atoms with Gasteiger partial charge >= 0.3 is 6.09 Å². The number of anilines is 1. The molecule has 0 spiro atoms. The number of hydrogen-bond donors (Lipinski definition) is 1. The first-order valence-corrected chi connectivity index (χ1v) is 9.49. The second-order valence-corrected chi connectivity index (χ2v) is 7.89. The maximum absolute atomic E-state index is 13.2. The Morgan fingerprint density at radius 3 is 2.59 bits per heavy atom. The summed E-state index contributed by atoms with van der Waals surface area (Å²) in [4.78, 5) is 26.2. The molecule has 2 amide bonds. The molecule has 29 heavy (non-hydrogen) atoms. The van der Waals surface area contributed by atoms with E-state index in [1.54, 1.807) is 62.1 Å². The van der Waals surface area contributed by atoms with Gasteiger partial charge in [0.1, 0.15) is 29.8 Å². The van der Waals surface area contributed by atoms with Crippen LogP contribution in [-0.2, 0) is 16.1 Å². The van der Waals surface area contributed by atoms with E-state index in [-0.39, 0.29) is 18.3 Å². The Morgan fingerprint density at radius 1 is 1.21 bits per heavy atom. The minimum atomic E-state index is -0.618. The van der Waals surface area contributed by atoms with Gasteiger partial charge in [-0.2, -0.15) is 0 Å². The lowest BCUT2D eigenvalue weighted by molar-refractivity contribution is -0.118. The fourth-order valence-electron chi connectivity index (χ4n) is 3.04. The van der Waals surface area contributed by atoms with E-state index in [0.29, 0.717) is 18.7 Å². The molecule has 1 fully saturated rings. The zero-order chi connectivity index (χ0) is 21.0. The van der Waals surface area contributed by atoms with E-state index in [0.717, 1.165) is 11.3 Å². The molecule has 0 bridgehead atoms. The van der Waals surface area contributed by atoms with E-state index in [4.69, 9.17) is 9.47 Å². The van der Waals surface area contributed by atoms with E-state index in [2.05, 4.69) is 5.32 Å². The lowest BCUT2D eigenvalue weighted by atomic mass is 10.2. The standard InChI is InChI=1S/C22H25FN2O4/c1-22(2,3)29-21(27)24-19-11-12-25(20(19)26)17-7-9-18(10-8-17)28-14-15-5-4-6-16(23)13-15/h4-10,13,19H,11-12,14H2,1-3H3,(H,24,27). The van der Waals surface area contributed by atoms with E-state index in [9.17, 15) is 14.0 Å². The SMILES string of the molecule is CC(C)(C)OC(=O)NC1CCN(c2ccc(OCc3cccc(F)c3)cc2)C1=O. The van der Waals surface area contributed by atoms with Gasteiger partial charge in [0, 0.05) is 12.2 Å². The van der Waals surface area contributed by atoms with Gasteiger partial charge in [-0.3, -0.25) is 4.79 Å². The first-order valence-electron chi connectivity index (χ1n) is 9.49. The molecule has 1 aliphatic heterocycles. The van der Waals surface area contributed by atoms with Gasteiger partial charge in [-0.25, -0.2) is 9.18 Å². The van der Waals surface area contributed by atoms with Crippen LogP contribution in [0.25, 0.3) is 0 Å². The maximum atomic E-state index is 13.2. The largest absolute Gasteiger partial charge is 0.489 e. The molecule has 1 unspecified atom stereocenters. The molecule has 0 aliphatic carbocycles. The Labute approximate surface area is 169 Å². The minimum Gasteiger partial charge on any atom is -0.489 e. The van der Waals surface area contributed by atoms with E-state index in [1.165, 1.54) is 12.1 Å². The first-order chi connectivity index (χ1) is 13.7. The van der Waals surface area contributed by atoms with Crippen LogP contribution in [0.15, 0.2) is 48.5 Å². The van der Waals surface area contributed by atoms with Crippen LogP contribution < -0.4 is 15.0 Å². The summed E-state index contributed by atoms with van der Waals surface area (Å²) in [6, 6.07) is 12.7. The van der Waals surface area contributed by atoms with Crippen molar-refractivity contribution in [2.45, 2.75) is 45.4 Å². The van der Waals surface area contributed by atoms with E-state index >= 15 is 0 Å². The molecule has 2 aromatic rings. The number of carbonyl (C=O) groups is 2. The summed E-state index contributed by atoms with van der Waals surface area (Å²) in [5.74, 6) is 0.140. The predicted octanol–water partition coefficient (Wildman–Crippen LogP) is 4.03. The number of nitrogens with zero attached hydrogens (tertiary/aromatic N) is 1. The lowest BCUT2D eigenvalue weighted by Crippen LogP contribution is -2.43. The third kappa shape index (κ3) is 5.70. The normalized spacial score (nSPS) is 16.6. The number of halogens is 1. The number of hydrogen-bond acceptors (Lipinski definition) is 4. The average Bonchev–Trinajstić information content (AvgIpc) is 2.99. The third-order valence-electron chi connectivity index (χ3n) is 4.34. The molecular formula is C22H25FN2O4. The van der Waals surface area contributed by atoms with Crippen LogP contribution >= 0.6 is 0 Å². The maximum Gasteiger partial charge on any atom is 0.408 e. The van der Waals surface area contributed by atoms with Crippen molar-refractivity contribution in [2.75, 3.05) is 11.4 Å². The lowest BCUT2D eigenvalue weighted by Gasteiger charge is -2.21. The van der Waals surface area contributed by atoms with Crippen molar-refractivity contribution >= 4 is 17.7 Å². The summed E-state index contributed by atoms with van der Waals surface area (Å²) in [6.45, 7) is 6.07. The molecule has 3 rings (SSSR count). The number of nitrogens with one attached hydrogen (secondary N) is 1. The number of benzene rings is 2. The molecule has 1 atom stereocenters. The molecule has 1 saturated heterocycles. The van der Waals surface area contributed by atoms with Crippen molar-refractivity contribution in [3.63, 3.8) is 0 Å². The Bertz CT molecular complexity index is 877. The van der Waals surface area contributed by atoms with Crippen LogP contribution in [0, 0.1) is 5.82 Å². The van der Waals surface area contributed by atoms with Crippen molar-refractivity contribution in [1.82, 2.24) is 5.32 Å². The van der Waals surface area contributed by atoms with Gasteiger partial charge in [0.25, 0.3) is 0 Å². The van der Waals surface area contributed by atoms with Crippen LogP contribution in [0.5, 0.6) is 5.75 Å². The van der Waals surface area contributed by atoms with E-state index in [1.807, 2.05) is 0 Å². The molecule has 1 N–H and O–H groups in total. The van der Waals surface area contributed by atoms with Gasteiger partial charge in [-0.1, -0.05) is 12.1 Å². The number of ether oxygens (including phenoxy) is 2. The topological polar surface area (TPSA) is 67.9 Å². The number of carbonyl (C=O) groups excluding carboxylic acids is 2. The molecule has 0 saturated carbocycles. The van der Waals surface area contributed by atoms with Crippen LogP contribution in [0.1, 0.15) is 32.8 Å². The van der Waals surface area contributed by atoms with Crippen LogP contribution in [0.2, 0.25) is 0 Å². The molecule has 7 heteroatoms. The quantitative estimate of drug-likeness (QED) is 0.823. The van der Waals surface area contributed by atoms with Crippen molar-refractivity contribution < 1.29 is 23.5 Å². The highest BCUT2D eigenvalue weighted by atomic mass is 19.1. The van der Waals surface area contributed by atoms with E-state index < -0.39 is 17.7 Å². The average molecular weight is 400 g/mol. The van der Waals surface area contributed by atoms with Gasteiger partial charge in [-0.15, -0.1) is 0 Å². The Morgan fingerprint density at radius 2 is 1.93 bits per heavy atom. The predicted molar refractivity (Wildman–Crippen MR) is 107 cm³/mol. The Hall–Kier alpha value is -3.09. The molecule has 0 aromatic heterocycles. The monoisotopic (exact) mass is 400 g/mol. The van der Waals surface area contributed by atoms with Crippen molar-refractivity contribution in [2.24, 2.45) is 0 Å². The molecule has 1 heterocycles. The highest BCUT2D eigenvalue weighted by molar-refractivity contribution is 6.00. The minimum absolute atomic E-state index is 0.177. The molecular weight excluding hydrogens is 375 g/mol. The van der Waals surface area contributed by atoms with Crippen molar-refractivity contribution in [1.29, 1.82) is 0 Å². The summed E-state index contributed by atoms with van der Waals surface area (Å²) in [7, 11) is 0. The third-order valence-corrected chi connectivity index (χ3v) is 4.34. The second kappa shape index (κ2) is 8.51. The Balaban J connectivity index is 1.56. The summed E-state index contributed by atoms with van der Waals surface area (Å²) in [6.07, 6.45) is -0.0885. The zero-order valence-corrected chi connectivity index (χ0v) is 16.8. The summed E-state index contributed by atoms with van der Waals surface area (Å²) in [5.41, 5.74) is 0.841. The summed E-state index contributed by atoms with van der Waals surface area (Å²) in [5, 5.41) is 2.63.